The van der Waals surface area contributed by atoms with Gasteiger partial charge in [0.15, 0.2) is 30.4 Å². The van der Waals surface area contributed by atoms with Crippen LogP contribution < -0.4 is 15.5 Å². The zero-order valence-electron chi connectivity index (χ0n) is 47.3. The van der Waals surface area contributed by atoms with Gasteiger partial charge in [0.1, 0.15) is 41.0 Å². The Kier molecular flexibility index (Phi) is 18.1. The number of fused-ring (bicyclic) bond motifs is 4. The van der Waals surface area contributed by atoms with Crippen LogP contribution in [-0.4, -0.2) is 170 Å². The highest BCUT2D eigenvalue weighted by molar-refractivity contribution is 5.93. The highest BCUT2D eigenvalue weighted by Gasteiger charge is 2.60. The van der Waals surface area contributed by atoms with E-state index in [-0.39, 0.29) is 80.4 Å². The number of carboxylic acid groups (broad SMARTS) is 1. The molecule has 18 atom stereocenters. The van der Waals surface area contributed by atoms with Crippen LogP contribution in [0.25, 0.3) is 10.9 Å². The summed E-state index contributed by atoms with van der Waals surface area (Å²) >= 11 is 0. The number of aromatic nitrogens is 1. The number of likely N-dealkylation sites (N-methyl/N-ethyl adjacent to an activating group) is 1. The van der Waals surface area contributed by atoms with Gasteiger partial charge >= 0.3 is 24.0 Å². The Morgan fingerprint density at radius 2 is 1.67 bits per heavy atom. The predicted octanol–water partition coefficient (Wildman–Crippen LogP) is 5.90. The maximum Gasteiger partial charge on any atom is 0.408 e. The number of benzene rings is 1. The van der Waals surface area contributed by atoms with Crippen molar-refractivity contribution in [1.82, 2.24) is 14.8 Å². The molecule has 6 aliphatic rings. The minimum absolute atomic E-state index is 0.000796. The maximum atomic E-state index is 14.8. The van der Waals surface area contributed by atoms with Crippen molar-refractivity contribution in [1.29, 1.82) is 0 Å². The van der Waals surface area contributed by atoms with Crippen molar-refractivity contribution in [3.63, 3.8) is 0 Å². The average Bonchev–Trinajstić information content (AvgIpc) is 4.29. The van der Waals surface area contributed by atoms with Crippen LogP contribution in [0, 0.1) is 23.7 Å². The zero-order chi connectivity index (χ0) is 56.8. The molecular formula is C56H81N3O19. The summed E-state index contributed by atoms with van der Waals surface area (Å²) in [7, 11) is 5.40. The van der Waals surface area contributed by atoms with E-state index in [9.17, 15) is 33.9 Å². The lowest BCUT2D eigenvalue weighted by molar-refractivity contribution is -0.400. The van der Waals surface area contributed by atoms with E-state index in [1.54, 1.807) is 46.8 Å². The van der Waals surface area contributed by atoms with Gasteiger partial charge in [0.05, 0.1) is 66.9 Å². The SMILES string of the molecule is CC[C@H]1OC(=O)[C@H](C)[C@@H](O[C@@H]2C[C@@](C)(OC)[C@@H](OC(=O)CCOCCOc3ccc4c(c3)c(=O)c(C(=O)O)cn4C3CC3)[C@H](C)O2)[C@H](C)[C@H]2O[C@@H]3O[C@H](C)C[C@H](N(C)C)[C@H]3OO[C@]2(C)C[C@H](C)C(=O)[C@H](C)[C@H]2NC(=O)O[C@]21C. The molecule has 8 rings (SSSR count). The van der Waals surface area contributed by atoms with Gasteiger partial charge in [-0.1, -0.05) is 27.7 Å². The Labute approximate surface area is 455 Å². The third kappa shape index (κ3) is 12.1. The first-order valence-electron chi connectivity index (χ1n) is 27.6. The molecule has 1 aromatic carbocycles. The molecule has 0 unspecified atom stereocenters. The van der Waals surface area contributed by atoms with Gasteiger partial charge in [-0.15, -0.1) is 0 Å². The average molecular weight is 1100 g/mol. The number of hydrogen-bond donors (Lipinski definition) is 2. The first-order chi connectivity index (χ1) is 36.8. The minimum atomic E-state index is -1.42. The van der Waals surface area contributed by atoms with Gasteiger partial charge in [0.2, 0.25) is 5.43 Å². The number of esters is 2. The first kappa shape index (κ1) is 59.3. The summed E-state index contributed by atoms with van der Waals surface area (Å²) in [6.07, 6.45) is -4.10. The summed E-state index contributed by atoms with van der Waals surface area (Å²) in [6.45, 7) is 18.1. The summed E-state index contributed by atoms with van der Waals surface area (Å²) in [5.74, 6) is -5.50. The number of carbonyl (C=O) groups is 5. The largest absolute Gasteiger partial charge is 0.491 e. The first-order valence-corrected chi connectivity index (χ1v) is 27.6. The number of cyclic esters (lactones) is 1. The number of carbonyl (C=O) groups excluding carboxylic acids is 4. The lowest BCUT2D eigenvalue weighted by atomic mass is 9.73. The molecular weight excluding hydrogens is 1020 g/mol. The molecule has 5 aliphatic heterocycles. The smallest absolute Gasteiger partial charge is 0.408 e. The van der Waals surface area contributed by atoms with E-state index in [0.29, 0.717) is 17.7 Å². The van der Waals surface area contributed by atoms with Crippen LogP contribution in [0.3, 0.4) is 0 Å². The molecule has 6 heterocycles. The molecule has 434 valence electrons. The number of ketones is 1. The molecule has 78 heavy (non-hydrogen) atoms. The topological polar surface area (TPSA) is 254 Å². The fourth-order valence-corrected chi connectivity index (χ4v) is 12.6. The number of aromatic carboxylic acids is 1. The Bertz CT molecular complexity index is 2590. The second-order valence-corrected chi connectivity index (χ2v) is 23.3. The Balaban J connectivity index is 0.973. The highest BCUT2D eigenvalue weighted by Crippen LogP contribution is 2.46. The van der Waals surface area contributed by atoms with Crippen LogP contribution in [0.15, 0.2) is 29.2 Å². The van der Waals surface area contributed by atoms with Crippen molar-refractivity contribution in [2.75, 3.05) is 41.0 Å². The molecule has 0 bridgehead atoms. The van der Waals surface area contributed by atoms with Crippen molar-refractivity contribution in [2.45, 2.75) is 204 Å². The van der Waals surface area contributed by atoms with E-state index in [2.05, 4.69) is 5.32 Å². The molecule has 2 N–H and O–H groups in total. The second-order valence-electron chi connectivity index (χ2n) is 23.3. The van der Waals surface area contributed by atoms with Crippen LogP contribution in [-0.2, 0) is 66.8 Å². The number of alkyl carbamates (subject to hydrolysis) is 1. The van der Waals surface area contributed by atoms with Gasteiger partial charge in [-0.2, -0.15) is 0 Å². The summed E-state index contributed by atoms with van der Waals surface area (Å²) in [4.78, 5) is 95.7. The molecule has 1 aromatic heterocycles. The lowest BCUT2D eigenvalue weighted by Crippen LogP contribution is -2.60. The third-order valence-corrected chi connectivity index (χ3v) is 17.1. The number of amides is 1. The summed E-state index contributed by atoms with van der Waals surface area (Å²) < 4.78 is 64.9. The van der Waals surface area contributed by atoms with Gasteiger partial charge in [-0.05, 0) is 106 Å². The number of rotatable bonds is 15. The van der Waals surface area contributed by atoms with Gasteiger partial charge < -0.3 is 67.3 Å². The van der Waals surface area contributed by atoms with Crippen LogP contribution in [0.4, 0.5) is 4.79 Å². The molecule has 1 aliphatic carbocycles. The van der Waals surface area contributed by atoms with E-state index < -0.39 is 125 Å². The summed E-state index contributed by atoms with van der Waals surface area (Å²) in [6, 6.07) is 4.14. The molecule has 0 radical (unpaired) electrons. The number of nitrogens with zero attached hydrogens (tertiary/aromatic N) is 2. The van der Waals surface area contributed by atoms with Crippen molar-refractivity contribution >= 4 is 40.7 Å². The Morgan fingerprint density at radius 1 is 0.936 bits per heavy atom. The molecule has 1 saturated carbocycles. The van der Waals surface area contributed by atoms with Gasteiger partial charge in [0.25, 0.3) is 0 Å². The van der Waals surface area contributed by atoms with E-state index >= 15 is 0 Å². The number of pyridine rings is 1. The molecule has 5 saturated heterocycles. The lowest BCUT2D eigenvalue weighted by Gasteiger charge is -2.48. The summed E-state index contributed by atoms with van der Waals surface area (Å²) in [5.41, 5.74) is -4.18. The number of methoxy groups -OCH3 is 1. The van der Waals surface area contributed by atoms with E-state index in [1.165, 1.54) is 19.4 Å². The quantitative estimate of drug-likeness (QED) is 0.0911. The Morgan fingerprint density at radius 3 is 2.33 bits per heavy atom. The fourth-order valence-electron chi connectivity index (χ4n) is 12.6. The second kappa shape index (κ2) is 23.7. The number of carboxylic acids is 1. The number of ether oxygens (including phenoxy) is 10. The van der Waals surface area contributed by atoms with Crippen molar-refractivity contribution in [3.8, 4) is 5.75 Å². The minimum Gasteiger partial charge on any atom is -0.491 e. The molecule has 1 amide bonds. The van der Waals surface area contributed by atoms with Crippen molar-refractivity contribution in [3.05, 3.63) is 40.2 Å². The molecule has 22 heteroatoms. The maximum absolute atomic E-state index is 14.8. The van der Waals surface area contributed by atoms with Gasteiger partial charge in [-0.3, -0.25) is 19.2 Å². The third-order valence-electron chi connectivity index (χ3n) is 17.1. The summed E-state index contributed by atoms with van der Waals surface area (Å²) in [5, 5.41) is 12.8. The van der Waals surface area contributed by atoms with Gasteiger partial charge in [-0.25, -0.2) is 19.4 Å². The van der Waals surface area contributed by atoms with Gasteiger partial charge in [0, 0.05) is 49.6 Å². The predicted molar refractivity (Wildman–Crippen MR) is 277 cm³/mol. The fraction of sp³-hybridized carbons (Fsp3) is 0.750. The van der Waals surface area contributed by atoms with Crippen LogP contribution in [0.1, 0.15) is 131 Å². The number of Topliss-reactive ketones (excluding diaryl/α,β-unsaturated/α-hetero) is 1. The van der Waals surface area contributed by atoms with Crippen LogP contribution in [0.5, 0.6) is 5.75 Å². The van der Waals surface area contributed by atoms with Crippen molar-refractivity contribution in [2.24, 2.45) is 23.7 Å². The normalized spacial score (nSPS) is 38.6. The number of hydrogen-bond acceptors (Lipinski definition) is 19. The van der Waals surface area contributed by atoms with Crippen LogP contribution >= 0.6 is 0 Å². The molecule has 2 aromatic rings. The highest BCUT2D eigenvalue weighted by atomic mass is 17.2. The van der Waals surface area contributed by atoms with E-state index in [4.69, 9.17) is 57.1 Å². The molecule has 0 spiro atoms. The van der Waals surface area contributed by atoms with E-state index in [0.717, 1.165) is 12.8 Å². The standard InChI is InChI=1S/C56H81N3O19/c1-14-40-56(10)47(57-53(66)76-56)30(4)43(61)28(2)25-55(9)48(75-52-46(77-78-55)39(58(11)12)23-29(3)70-52)31(5)45(32(6)51(65)72-40)74-42-26-54(8,67-13)49(33(7)71-42)73-41(60)19-20-68-21-22-69-35-17-18-38-36(24-35)44(62)37(50(63)64)27-59(38)34-15-16-34/h17-18,24,27-34,39-40,42,45-49,52H,14-16,19-23,25-26H2,1-13H3,(H,57,66)(H,63,64)/t28-,29+,30-,31-,32+,33-,39-,40+,42+,45-,46+,47+,48+,49-,52-,54+,55+,56-/m0/s1. The van der Waals surface area contributed by atoms with Crippen molar-refractivity contribution < 1.29 is 86.2 Å². The van der Waals surface area contributed by atoms with E-state index in [1.807, 2.05) is 58.2 Å². The Hall–Kier alpha value is -4.78. The zero-order valence-corrected chi connectivity index (χ0v) is 47.3. The number of nitrogens with one attached hydrogen (secondary N) is 1. The van der Waals surface area contributed by atoms with Crippen LogP contribution in [0.2, 0.25) is 0 Å². The molecule has 22 nitrogen and oxygen atoms in total. The molecule has 6 fully saturated rings. The monoisotopic (exact) mass is 1100 g/mol.